The van der Waals surface area contributed by atoms with Gasteiger partial charge in [0.25, 0.3) is 5.69 Å². The molecule has 0 spiro atoms. The number of halogens is 1. The van der Waals surface area contributed by atoms with E-state index in [1.54, 1.807) is 31.2 Å². The van der Waals surface area contributed by atoms with Crippen LogP contribution in [0.5, 0.6) is 0 Å². The highest BCUT2D eigenvalue weighted by atomic mass is 19.1. The predicted octanol–water partition coefficient (Wildman–Crippen LogP) is 3.58. The smallest absolute Gasteiger partial charge is 0.274 e. The third-order valence-electron chi connectivity index (χ3n) is 5.21. The number of nitrogens with one attached hydrogen (secondary N) is 1. The van der Waals surface area contributed by atoms with Crippen LogP contribution in [0.4, 0.5) is 21.5 Å². The summed E-state index contributed by atoms with van der Waals surface area (Å²) in [4.78, 5) is 27.4. The monoisotopic (exact) mass is 400 g/mol. The summed E-state index contributed by atoms with van der Waals surface area (Å²) in [5, 5.41) is 13.8. The summed E-state index contributed by atoms with van der Waals surface area (Å²) in [6.07, 6.45) is 1.28. The highest BCUT2D eigenvalue weighted by Gasteiger charge is 2.18. The molecule has 1 amide bonds. The highest BCUT2D eigenvalue weighted by Crippen LogP contribution is 2.25. The Bertz CT molecular complexity index is 873. The van der Waals surface area contributed by atoms with E-state index in [9.17, 15) is 19.3 Å². The van der Waals surface area contributed by atoms with E-state index >= 15 is 0 Å². The van der Waals surface area contributed by atoms with Crippen molar-refractivity contribution in [2.75, 3.05) is 42.9 Å². The molecular weight excluding hydrogens is 375 g/mol. The van der Waals surface area contributed by atoms with Crippen molar-refractivity contribution in [3.63, 3.8) is 0 Å². The maximum absolute atomic E-state index is 13.1. The standard InChI is InChI=1S/C21H25FN4O3/c1-16-19(4-2-5-20(16)26(28)29)23-21(27)10-13-24-11-3-12-25(15-14-24)18-8-6-17(22)7-9-18/h2,4-9H,3,10-15H2,1H3,(H,23,27). The number of anilines is 2. The number of nitro benzene ring substituents is 1. The lowest BCUT2D eigenvalue weighted by atomic mass is 10.1. The van der Waals surface area contributed by atoms with Gasteiger partial charge >= 0.3 is 0 Å². The molecule has 0 radical (unpaired) electrons. The first-order chi connectivity index (χ1) is 13.9. The molecule has 0 bridgehead atoms. The van der Waals surface area contributed by atoms with Gasteiger partial charge in [-0.05, 0) is 50.2 Å². The fraction of sp³-hybridized carbons (Fsp3) is 0.381. The van der Waals surface area contributed by atoms with Crippen molar-refractivity contribution in [3.8, 4) is 0 Å². The molecule has 1 saturated heterocycles. The first-order valence-electron chi connectivity index (χ1n) is 9.71. The molecule has 0 aromatic heterocycles. The zero-order valence-corrected chi connectivity index (χ0v) is 16.4. The van der Waals surface area contributed by atoms with Gasteiger partial charge < -0.3 is 15.1 Å². The van der Waals surface area contributed by atoms with Crippen molar-refractivity contribution in [1.82, 2.24) is 4.90 Å². The van der Waals surface area contributed by atoms with Gasteiger partial charge in [-0.15, -0.1) is 0 Å². The summed E-state index contributed by atoms with van der Waals surface area (Å²) in [7, 11) is 0. The van der Waals surface area contributed by atoms with E-state index < -0.39 is 4.92 Å². The first kappa shape index (κ1) is 20.7. The van der Waals surface area contributed by atoms with Gasteiger partial charge in [0.1, 0.15) is 5.82 Å². The second kappa shape index (κ2) is 9.47. The SMILES string of the molecule is Cc1c(NC(=O)CCN2CCCN(c3ccc(F)cc3)CC2)cccc1[N+](=O)[O-]. The van der Waals surface area contributed by atoms with Crippen molar-refractivity contribution >= 4 is 23.0 Å². The molecule has 1 aliphatic heterocycles. The molecule has 1 fully saturated rings. The molecule has 1 aliphatic rings. The topological polar surface area (TPSA) is 78.7 Å². The largest absolute Gasteiger partial charge is 0.370 e. The molecule has 0 atom stereocenters. The summed E-state index contributed by atoms with van der Waals surface area (Å²) in [5.41, 5.74) is 1.93. The molecule has 1 N–H and O–H groups in total. The zero-order chi connectivity index (χ0) is 20.8. The summed E-state index contributed by atoms with van der Waals surface area (Å²) < 4.78 is 13.1. The molecule has 154 valence electrons. The molecule has 8 heteroatoms. The maximum atomic E-state index is 13.1. The number of hydrogen-bond acceptors (Lipinski definition) is 5. The van der Waals surface area contributed by atoms with Crippen LogP contribution in [0, 0.1) is 22.9 Å². The van der Waals surface area contributed by atoms with Crippen LogP contribution in [0.25, 0.3) is 0 Å². The number of amides is 1. The van der Waals surface area contributed by atoms with Crippen molar-refractivity contribution in [1.29, 1.82) is 0 Å². The van der Waals surface area contributed by atoms with E-state index in [0.29, 0.717) is 24.2 Å². The van der Waals surface area contributed by atoms with Gasteiger partial charge in [-0.1, -0.05) is 6.07 Å². The third-order valence-corrected chi connectivity index (χ3v) is 5.21. The van der Waals surface area contributed by atoms with Gasteiger partial charge in [0.05, 0.1) is 16.2 Å². The lowest BCUT2D eigenvalue weighted by molar-refractivity contribution is -0.385. The van der Waals surface area contributed by atoms with Crippen molar-refractivity contribution in [2.24, 2.45) is 0 Å². The second-order valence-electron chi connectivity index (χ2n) is 7.16. The molecule has 29 heavy (non-hydrogen) atoms. The molecule has 0 saturated carbocycles. The van der Waals surface area contributed by atoms with Crippen LogP contribution in [-0.2, 0) is 4.79 Å². The van der Waals surface area contributed by atoms with Gasteiger partial charge in [0, 0.05) is 44.4 Å². The lowest BCUT2D eigenvalue weighted by Crippen LogP contribution is -2.32. The summed E-state index contributed by atoms with van der Waals surface area (Å²) in [6.45, 7) is 5.67. The average Bonchev–Trinajstić information content (AvgIpc) is 2.94. The molecule has 2 aromatic carbocycles. The first-order valence-corrected chi connectivity index (χ1v) is 9.71. The van der Waals surface area contributed by atoms with E-state index in [2.05, 4.69) is 15.1 Å². The lowest BCUT2D eigenvalue weighted by Gasteiger charge is -2.23. The van der Waals surface area contributed by atoms with Gasteiger partial charge in [-0.2, -0.15) is 0 Å². The van der Waals surface area contributed by atoms with E-state index in [-0.39, 0.29) is 17.4 Å². The fourth-order valence-corrected chi connectivity index (χ4v) is 3.53. The number of carbonyl (C=O) groups excluding carboxylic acids is 1. The second-order valence-corrected chi connectivity index (χ2v) is 7.16. The van der Waals surface area contributed by atoms with Crippen LogP contribution in [0.2, 0.25) is 0 Å². The molecule has 0 unspecified atom stereocenters. The fourth-order valence-electron chi connectivity index (χ4n) is 3.53. The normalized spacial score (nSPS) is 15.0. The third kappa shape index (κ3) is 5.51. The van der Waals surface area contributed by atoms with Crippen LogP contribution < -0.4 is 10.2 Å². The predicted molar refractivity (Wildman–Crippen MR) is 111 cm³/mol. The number of nitro groups is 1. The van der Waals surface area contributed by atoms with E-state index in [1.807, 2.05) is 0 Å². The van der Waals surface area contributed by atoms with Gasteiger partial charge in [0.15, 0.2) is 0 Å². The van der Waals surface area contributed by atoms with E-state index in [1.165, 1.54) is 18.2 Å². The number of nitrogens with zero attached hydrogens (tertiary/aromatic N) is 3. The molecule has 0 aliphatic carbocycles. The summed E-state index contributed by atoms with van der Waals surface area (Å²) in [6, 6.07) is 11.2. The number of rotatable bonds is 6. The van der Waals surface area contributed by atoms with Crippen LogP contribution in [0.3, 0.4) is 0 Å². The summed E-state index contributed by atoms with van der Waals surface area (Å²) in [5.74, 6) is -0.400. The van der Waals surface area contributed by atoms with E-state index in [4.69, 9.17) is 0 Å². The molecular formula is C21H25FN4O3. The van der Waals surface area contributed by atoms with Gasteiger partial charge in [-0.25, -0.2) is 4.39 Å². The average molecular weight is 400 g/mol. The number of hydrogen-bond donors (Lipinski definition) is 1. The minimum Gasteiger partial charge on any atom is -0.370 e. The van der Waals surface area contributed by atoms with Crippen molar-refractivity contribution in [3.05, 3.63) is 64.0 Å². The van der Waals surface area contributed by atoms with Crippen LogP contribution in [0.15, 0.2) is 42.5 Å². The molecule has 1 heterocycles. The van der Waals surface area contributed by atoms with Crippen LogP contribution in [-0.4, -0.2) is 48.5 Å². The zero-order valence-electron chi connectivity index (χ0n) is 16.4. The van der Waals surface area contributed by atoms with Crippen LogP contribution >= 0.6 is 0 Å². The number of benzene rings is 2. The Balaban J connectivity index is 1.50. The minimum atomic E-state index is -0.449. The Kier molecular flexibility index (Phi) is 6.77. The molecule has 7 nitrogen and oxygen atoms in total. The van der Waals surface area contributed by atoms with Gasteiger partial charge in [-0.3, -0.25) is 14.9 Å². The minimum absolute atomic E-state index is 0.00352. The Morgan fingerprint density at radius 1 is 1.14 bits per heavy atom. The Morgan fingerprint density at radius 2 is 1.90 bits per heavy atom. The quantitative estimate of drug-likeness (QED) is 0.592. The Morgan fingerprint density at radius 3 is 2.62 bits per heavy atom. The van der Waals surface area contributed by atoms with Crippen LogP contribution in [0.1, 0.15) is 18.4 Å². The van der Waals surface area contributed by atoms with E-state index in [0.717, 1.165) is 38.3 Å². The molecule has 2 aromatic rings. The maximum Gasteiger partial charge on any atom is 0.274 e. The Labute approximate surface area is 169 Å². The highest BCUT2D eigenvalue weighted by molar-refractivity contribution is 5.92. The summed E-state index contributed by atoms with van der Waals surface area (Å²) >= 11 is 0. The molecule has 3 rings (SSSR count). The van der Waals surface area contributed by atoms with Crippen molar-refractivity contribution in [2.45, 2.75) is 19.8 Å². The van der Waals surface area contributed by atoms with Crippen molar-refractivity contribution < 1.29 is 14.1 Å². The Hall–Kier alpha value is -3.00. The van der Waals surface area contributed by atoms with Gasteiger partial charge in [0.2, 0.25) is 5.91 Å². The number of carbonyl (C=O) groups is 1.